The van der Waals surface area contributed by atoms with E-state index in [4.69, 9.17) is 9.47 Å². The van der Waals surface area contributed by atoms with Gasteiger partial charge in [-0.2, -0.15) is 0 Å². The number of esters is 1. The molecule has 1 aromatic heterocycles. The molecule has 8 nitrogen and oxygen atoms in total. The number of aliphatic hydroxyl groups excluding tert-OH is 1. The lowest BCUT2D eigenvalue weighted by molar-refractivity contribution is -0.132. The van der Waals surface area contributed by atoms with Crippen LogP contribution in [0.15, 0.2) is 48.0 Å². The van der Waals surface area contributed by atoms with Crippen molar-refractivity contribution in [2.75, 3.05) is 19.1 Å². The molecule has 35 heavy (non-hydrogen) atoms. The zero-order chi connectivity index (χ0) is 25.4. The number of thiazole rings is 1. The first-order chi connectivity index (χ1) is 16.7. The van der Waals surface area contributed by atoms with Crippen LogP contribution in [0.3, 0.4) is 0 Å². The number of benzene rings is 2. The summed E-state index contributed by atoms with van der Waals surface area (Å²) in [7, 11) is 2.73. The molecule has 1 saturated heterocycles. The summed E-state index contributed by atoms with van der Waals surface area (Å²) in [5.41, 5.74) is 1.47. The van der Waals surface area contributed by atoms with Gasteiger partial charge in [-0.25, -0.2) is 14.2 Å². The van der Waals surface area contributed by atoms with Crippen LogP contribution in [0.2, 0.25) is 0 Å². The van der Waals surface area contributed by atoms with Gasteiger partial charge in [0.25, 0.3) is 5.78 Å². The number of aromatic nitrogens is 1. The van der Waals surface area contributed by atoms with Crippen molar-refractivity contribution >= 4 is 39.9 Å². The molecule has 0 spiro atoms. The number of amides is 1. The third-order valence-corrected chi connectivity index (χ3v) is 6.82. The summed E-state index contributed by atoms with van der Waals surface area (Å²) in [6.45, 7) is 3.31. The number of carbonyl (C=O) groups is 3. The Morgan fingerprint density at radius 1 is 1.11 bits per heavy atom. The Morgan fingerprint density at radius 2 is 1.80 bits per heavy atom. The molecular weight excluding hydrogens is 475 g/mol. The molecule has 2 heterocycles. The number of methoxy groups -OCH3 is 2. The van der Waals surface area contributed by atoms with Crippen LogP contribution in [0.25, 0.3) is 5.76 Å². The summed E-state index contributed by atoms with van der Waals surface area (Å²) >= 11 is 0.887. The molecule has 0 radical (unpaired) electrons. The van der Waals surface area contributed by atoms with E-state index in [0.717, 1.165) is 16.2 Å². The summed E-state index contributed by atoms with van der Waals surface area (Å²) < 4.78 is 23.7. The maximum absolute atomic E-state index is 13.7. The van der Waals surface area contributed by atoms with Crippen molar-refractivity contribution in [1.29, 1.82) is 0 Å². The van der Waals surface area contributed by atoms with Crippen LogP contribution in [0, 0.1) is 19.7 Å². The summed E-state index contributed by atoms with van der Waals surface area (Å²) in [4.78, 5) is 44.2. The Bertz CT molecular complexity index is 1380. The van der Waals surface area contributed by atoms with Gasteiger partial charge in [0.05, 0.1) is 31.5 Å². The molecule has 1 amide bonds. The number of hydrogen-bond donors (Lipinski definition) is 1. The van der Waals surface area contributed by atoms with Crippen LogP contribution in [-0.4, -0.2) is 42.0 Å². The minimum absolute atomic E-state index is 0.0739. The number of ether oxygens (including phenoxy) is 2. The van der Waals surface area contributed by atoms with Crippen molar-refractivity contribution in [1.82, 2.24) is 4.98 Å². The molecule has 0 saturated carbocycles. The highest BCUT2D eigenvalue weighted by Gasteiger charge is 2.48. The van der Waals surface area contributed by atoms with Crippen LogP contribution >= 0.6 is 11.3 Å². The highest BCUT2D eigenvalue weighted by molar-refractivity contribution is 7.17. The van der Waals surface area contributed by atoms with E-state index in [-0.39, 0.29) is 21.3 Å². The van der Waals surface area contributed by atoms with Crippen molar-refractivity contribution in [3.63, 3.8) is 0 Å². The summed E-state index contributed by atoms with van der Waals surface area (Å²) in [5, 5.41) is 11.3. The third kappa shape index (κ3) is 4.17. The zero-order valence-corrected chi connectivity index (χ0v) is 20.1. The van der Waals surface area contributed by atoms with Crippen molar-refractivity contribution in [3.05, 3.63) is 81.1 Å². The maximum atomic E-state index is 13.7. The molecule has 2 aromatic carbocycles. The molecule has 0 bridgehead atoms. The average Bonchev–Trinajstić information content (AvgIpc) is 3.35. The lowest BCUT2D eigenvalue weighted by Crippen LogP contribution is -2.29. The van der Waals surface area contributed by atoms with Crippen LogP contribution in [0.4, 0.5) is 9.52 Å². The predicted octanol–water partition coefficient (Wildman–Crippen LogP) is 4.32. The van der Waals surface area contributed by atoms with Gasteiger partial charge in [0.1, 0.15) is 22.2 Å². The van der Waals surface area contributed by atoms with Gasteiger partial charge in [-0.05, 0) is 55.3 Å². The molecule has 180 valence electrons. The van der Waals surface area contributed by atoms with Crippen LogP contribution in [-0.2, 0) is 14.3 Å². The highest BCUT2D eigenvalue weighted by atomic mass is 32.1. The predicted molar refractivity (Wildman–Crippen MR) is 127 cm³/mol. The Morgan fingerprint density at radius 3 is 2.40 bits per heavy atom. The van der Waals surface area contributed by atoms with Crippen molar-refractivity contribution in [2.24, 2.45) is 0 Å². The first kappa shape index (κ1) is 24.1. The standard InChI is InChI=1S/C25H21FN2O6S/c1-12-11-16(33-3)9-10-17(12)20(29)18-19(14-5-7-15(26)8-6-14)28(23(31)21(18)30)25-27-13(2)22(35-25)24(32)34-4/h5-11,19,29H,1-4H3/t19-/m1/s1. The normalized spacial score (nSPS) is 17.1. The van der Waals surface area contributed by atoms with Gasteiger partial charge in [0.15, 0.2) is 5.13 Å². The van der Waals surface area contributed by atoms with Crippen LogP contribution in [0.5, 0.6) is 5.75 Å². The number of aryl methyl sites for hydroxylation is 2. The van der Waals surface area contributed by atoms with Gasteiger partial charge in [0, 0.05) is 5.56 Å². The second-order valence-corrected chi connectivity index (χ2v) is 8.78. The van der Waals surface area contributed by atoms with Gasteiger partial charge < -0.3 is 14.6 Å². The number of halogens is 1. The number of hydrogen-bond acceptors (Lipinski definition) is 8. The molecule has 1 atom stereocenters. The first-order valence-corrected chi connectivity index (χ1v) is 11.3. The SMILES string of the molecule is COC(=O)c1sc(N2C(=O)C(=O)C(=C(O)c3ccc(OC)cc3C)[C@H]2c2ccc(F)cc2)nc1C. The lowest BCUT2D eigenvalue weighted by atomic mass is 9.94. The Labute approximate surface area is 204 Å². The van der Waals surface area contributed by atoms with Crippen LogP contribution < -0.4 is 9.64 Å². The minimum Gasteiger partial charge on any atom is -0.507 e. The lowest BCUT2D eigenvalue weighted by Gasteiger charge is -2.23. The number of aliphatic hydroxyl groups is 1. The topological polar surface area (TPSA) is 106 Å². The molecule has 10 heteroatoms. The fraction of sp³-hybridized carbons (Fsp3) is 0.200. The zero-order valence-electron chi connectivity index (χ0n) is 19.3. The van der Waals surface area contributed by atoms with Gasteiger partial charge in [-0.3, -0.25) is 14.5 Å². The summed E-state index contributed by atoms with van der Waals surface area (Å²) in [5.74, 6) is -2.83. The molecule has 0 unspecified atom stereocenters. The molecule has 1 aliphatic rings. The number of ketones is 1. The highest BCUT2D eigenvalue weighted by Crippen LogP contribution is 2.44. The fourth-order valence-corrected chi connectivity index (χ4v) is 4.94. The van der Waals surface area contributed by atoms with Crippen molar-refractivity contribution < 1.29 is 33.4 Å². The smallest absolute Gasteiger partial charge is 0.350 e. The van der Waals surface area contributed by atoms with Crippen molar-refractivity contribution in [2.45, 2.75) is 19.9 Å². The van der Waals surface area contributed by atoms with Gasteiger partial charge in [-0.15, -0.1) is 0 Å². The summed E-state index contributed by atoms with van der Waals surface area (Å²) in [6, 6.07) is 9.03. The quantitative estimate of drug-likeness (QED) is 0.243. The molecule has 4 rings (SSSR count). The van der Waals surface area contributed by atoms with Gasteiger partial charge in [-0.1, -0.05) is 23.5 Å². The van der Waals surface area contributed by atoms with E-state index in [9.17, 15) is 23.9 Å². The van der Waals surface area contributed by atoms with E-state index in [2.05, 4.69) is 4.98 Å². The van der Waals surface area contributed by atoms with Gasteiger partial charge in [0.2, 0.25) is 0 Å². The number of nitrogens with zero attached hydrogens (tertiary/aromatic N) is 2. The average molecular weight is 497 g/mol. The second kappa shape index (κ2) is 9.30. The Balaban J connectivity index is 1.94. The minimum atomic E-state index is -1.10. The van der Waals surface area contributed by atoms with E-state index in [1.54, 1.807) is 32.0 Å². The monoisotopic (exact) mass is 496 g/mol. The third-order valence-electron chi connectivity index (χ3n) is 5.68. The first-order valence-electron chi connectivity index (χ1n) is 10.4. The van der Waals surface area contributed by atoms with E-state index in [0.29, 0.717) is 28.1 Å². The van der Waals surface area contributed by atoms with E-state index in [1.807, 2.05) is 0 Å². The molecule has 3 aromatic rings. The molecular formula is C25H21FN2O6S. The largest absolute Gasteiger partial charge is 0.507 e. The number of anilines is 1. The number of rotatable bonds is 5. The van der Waals surface area contributed by atoms with E-state index < -0.39 is 29.5 Å². The van der Waals surface area contributed by atoms with E-state index >= 15 is 0 Å². The molecule has 0 aliphatic carbocycles. The van der Waals surface area contributed by atoms with Crippen molar-refractivity contribution in [3.8, 4) is 5.75 Å². The fourth-order valence-electron chi connectivity index (χ4n) is 3.93. The maximum Gasteiger partial charge on any atom is 0.350 e. The Hall–Kier alpha value is -4.05. The number of carbonyl (C=O) groups excluding carboxylic acids is 3. The summed E-state index contributed by atoms with van der Waals surface area (Å²) in [6.07, 6.45) is 0. The van der Waals surface area contributed by atoms with E-state index in [1.165, 1.54) is 38.5 Å². The number of Topliss-reactive ketones (excluding diaryl/α,β-unsaturated/α-hetero) is 1. The molecule has 1 fully saturated rings. The second-order valence-electron chi connectivity index (χ2n) is 7.80. The van der Waals surface area contributed by atoms with Gasteiger partial charge >= 0.3 is 11.9 Å². The molecule has 1 aliphatic heterocycles. The Kier molecular flexibility index (Phi) is 6.40. The van der Waals surface area contributed by atoms with Crippen LogP contribution in [0.1, 0.15) is 38.1 Å². The molecule has 1 N–H and O–H groups in total.